The summed E-state index contributed by atoms with van der Waals surface area (Å²) in [6.45, 7) is -0.430. The number of fused-ring (bicyclic) bond motifs is 1. The van der Waals surface area contributed by atoms with Gasteiger partial charge in [-0.05, 0) is 6.07 Å². The molecule has 1 aliphatic rings. The number of aliphatic hydroxyl groups is 3. The summed E-state index contributed by atoms with van der Waals surface area (Å²) in [5.74, 6) is -0.314. The number of carbonyl (C=O) groups excluding carboxylic acids is 1. The zero-order valence-corrected chi connectivity index (χ0v) is 14.5. The smallest absolute Gasteiger partial charge is 0.267 e. The molecule has 3 aromatic heterocycles. The van der Waals surface area contributed by atoms with Crippen LogP contribution in [0.4, 0.5) is 5.82 Å². The van der Waals surface area contributed by atoms with Gasteiger partial charge in [0.2, 0.25) is 0 Å². The molecular formula is C16H19N7O5. The van der Waals surface area contributed by atoms with Gasteiger partial charge in [0, 0.05) is 11.8 Å². The van der Waals surface area contributed by atoms with Gasteiger partial charge in [0.05, 0.1) is 12.9 Å². The number of nitrogen functional groups attached to an aromatic ring is 1. The third-order valence-corrected chi connectivity index (χ3v) is 4.17. The number of nitrogens with two attached hydrogens (primary N) is 2. The molecule has 4 atom stereocenters. The monoisotopic (exact) mass is 389 g/mol. The van der Waals surface area contributed by atoms with Crippen LogP contribution in [0.25, 0.3) is 11.2 Å². The predicted molar refractivity (Wildman–Crippen MR) is 95.6 cm³/mol. The molecule has 28 heavy (non-hydrogen) atoms. The Morgan fingerprint density at radius 1 is 1.21 bits per heavy atom. The Kier molecular flexibility index (Phi) is 5.75. The topological polar surface area (TPSA) is 206 Å². The summed E-state index contributed by atoms with van der Waals surface area (Å²) in [7, 11) is 0. The number of aliphatic hydroxyl groups excluding tert-OH is 3. The van der Waals surface area contributed by atoms with Gasteiger partial charge in [-0.25, -0.2) is 15.0 Å². The van der Waals surface area contributed by atoms with E-state index in [1.807, 2.05) is 0 Å². The lowest BCUT2D eigenvalue weighted by molar-refractivity contribution is -0.0230. The zero-order chi connectivity index (χ0) is 20.3. The number of pyridine rings is 1. The Labute approximate surface area is 158 Å². The Morgan fingerprint density at radius 2 is 2.00 bits per heavy atom. The number of hydrogen-bond donors (Lipinski definition) is 6. The van der Waals surface area contributed by atoms with Crippen LogP contribution in [0.3, 0.4) is 0 Å². The van der Waals surface area contributed by atoms with Gasteiger partial charge >= 0.3 is 0 Å². The van der Waals surface area contributed by atoms with E-state index in [1.54, 1.807) is 6.07 Å². The number of H-pyrrole nitrogens is 1. The molecule has 3 aromatic rings. The molecule has 4 rings (SSSR count). The minimum absolute atomic E-state index is 0.0210. The molecule has 0 aliphatic carbocycles. The van der Waals surface area contributed by atoms with Crippen molar-refractivity contribution in [2.24, 2.45) is 5.73 Å². The lowest BCUT2D eigenvalue weighted by Crippen LogP contribution is -2.32. The van der Waals surface area contributed by atoms with Crippen LogP contribution < -0.4 is 11.5 Å². The van der Waals surface area contributed by atoms with Crippen molar-refractivity contribution in [1.82, 2.24) is 24.9 Å². The molecule has 1 amide bonds. The number of carbonyl (C=O) groups is 1. The molecule has 0 aromatic carbocycles. The molecule has 1 unspecified atom stereocenters. The number of hydrogen-bond acceptors (Lipinski definition) is 10. The molecule has 8 N–H and O–H groups in total. The molecule has 0 bridgehead atoms. The van der Waals surface area contributed by atoms with Crippen LogP contribution in [0, 0.1) is 0 Å². The molecule has 1 aliphatic heterocycles. The van der Waals surface area contributed by atoms with Crippen LogP contribution in [-0.2, 0) is 4.74 Å². The van der Waals surface area contributed by atoms with Gasteiger partial charge in [0.1, 0.15) is 42.0 Å². The van der Waals surface area contributed by atoms with Crippen LogP contribution in [0.1, 0.15) is 22.2 Å². The van der Waals surface area contributed by atoms with Crippen molar-refractivity contribution in [3.63, 3.8) is 0 Å². The maximum absolute atomic E-state index is 11.2. The number of imidazole rings is 1. The number of amides is 1. The van der Waals surface area contributed by atoms with E-state index in [1.165, 1.54) is 24.9 Å². The second kappa shape index (κ2) is 8.22. The van der Waals surface area contributed by atoms with Crippen molar-refractivity contribution in [3.8, 4) is 0 Å². The van der Waals surface area contributed by atoms with Gasteiger partial charge in [-0.3, -0.25) is 9.78 Å². The molecule has 12 heteroatoms. The van der Waals surface area contributed by atoms with Gasteiger partial charge < -0.3 is 36.5 Å². The normalized spacial score (nSPS) is 24.0. The fourth-order valence-electron chi connectivity index (χ4n) is 2.79. The number of ether oxygens (including phenoxy) is 1. The van der Waals surface area contributed by atoms with Crippen molar-refractivity contribution in [2.45, 2.75) is 24.4 Å². The number of nitrogens with zero attached hydrogens (tertiary/aromatic N) is 4. The van der Waals surface area contributed by atoms with Crippen LogP contribution in [-0.4, -0.2) is 71.1 Å². The maximum atomic E-state index is 11.2. The van der Waals surface area contributed by atoms with E-state index in [2.05, 4.69) is 24.9 Å². The molecule has 4 heterocycles. The van der Waals surface area contributed by atoms with Crippen molar-refractivity contribution in [3.05, 3.63) is 42.2 Å². The van der Waals surface area contributed by atoms with Gasteiger partial charge in [0.25, 0.3) is 5.91 Å². The van der Waals surface area contributed by atoms with Gasteiger partial charge in [-0.2, -0.15) is 0 Å². The third kappa shape index (κ3) is 3.75. The second-order valence-corrected chi connectivity index (χ2v) is 5.92. The van der Waals surface area contributed by atoms with E-state index in [9.17, 15) is 15.0 Å². The molecular weight excluding hydrogens is 370 g/mol. The highest BCUT2D eigenvalue weighted by Gasteiger charge is 2.44. The van der Waals surface area contributed by atoms with Crippen LogP contribution >= 0.6 is 0 Å². The first-order valence-corrected chi connectivity index (χ1v) is 8.20. The molecule has 1 saturated heterocycles. The molecule has 148 valence electrons. The first-order valence-electron chi connectivity index (χ1n) is 8.20. The first kappa shape index (κ1) is 19.6. The van der Waals surface area contributed by atoms with Crippen LogP contribution in [0.5, 0.6) is 0 Å². The Morgan fingerprint density at radius 3 is 2.64 bits per heavy atom. The summed E-state index contributed by atoms with van der Waals surface area (Å²) in [5, 5.41) is 28.5. The third-order valence-electron chi connectivity index (χ3n) is 4.17. The van der Waals surface area contributed by atoms with E-state index < -0.39 is 36.9 Å². The van der Waals surface area contributed by atoms with Crippen molar-refractivity contribution in [2.75, 3.05) is 12.3 Å². The summed E-state index contributed by atoms with van der Waals surface area (Å²) >= 11 is 0. The Balaban J connectivity index is 0.000000188. The number of anilines is 1. The average molecular weight is 389 g/mol. The quantitative estimate of drug-likeness (QED) is 0.298. The molecule has 0 saturated carbocycles. The van der Waals surface area contributed by atoms with Crippen LogP contribution in [0.2, 0.25) is 0 Å². The summed E-state index contributed by atoms with van der Waals surface area (Å²) in [6, 6.07) is 3.10. The SMILES string of the molecule is NC(=O)c1ncccc1C1O[C@H](CO)[C@@H](O)[C@H]1O.Nc1ncnc2nc[nH]c12. The van der Waals surface area contributed by atoms with E-state index in [-0.39, 0.29) is 5.69 Å². The van der Waals surface area contributed by atoms with Gasteiger partial charge in [-0.1, -0.05) is 6.07 Å². The summed E-state index contributed by atoms with van der Waals surface area (Å²) < 4.78 is 5.31. The van der Waals surface area contributed by atoms with E-state index in [0.29, 0.717) is 22.5 Å². The lowest BCUT2D eigenvalue weighted by atomic mass is 10.00. The second-order valence-electron chi connectivity index (χ2n) is 5.92. The highest BCUT2D eigenvalue weighted by atomic mass is 16.6. The van der Waals surface area contributed by atoms with E-state index >= 15 is 0 Å². The number of aromatic amines is 1. The standard InChI is InChI=1S/C11H14N2O5.C5H5N5/c12-11(17)7-5(2-1-3-13-7)10-9(16)8(15)6(4-14)18-10;6-4-3-5(9-1-7-3)10-2-8-4/h1-3,6,8-10,14-16H,4H2,(H2,12,17);1-2H,(H3,6,7,8,9,10)/t6-,8-,9-,10?;/m1./s1. The summed E-state index contributed by atoms with van der Waals surface area (Å²) in [4.78, 5) is 29.4. The number of aromatic nitrogens is 5. The van der Waals surface area contributed by atoms with Crippen molar-refractivity contribution < 1.29 is 24.9 Å². The Hall–Kier alpha value is -3.19. The summed E-state index contributed by atoms with van der Waals surface area (Å²) in [6.07, 6.45) is 0.0173. The minimum Gasteiger partial charge on any atom is -0.394 e. The maximum Gasteiger partial charge on any atom is 0.267 e. The molecule has 0 spiro atoms. The van der Waals surface area contributed by atoms with E-state index in [4.69, 9.17) is 21.3 Å². The van der Waals surface area contributed by atoms with Crippen molar-refractivity contribution >= 4 is 22.9 Å². The highest BCUT2D eigenvalue weighted by molar-refractivity contribution is 5.92. The minimum atomic E-state index is -1.25. The van der Waals surface area contributed by atoms with Crippen LogP contribution in [0.15, 0.2) is 31.0 Å². The predicted octanol–water partition coefficient (Wildman–Crippen LogP) is -1.73. The highest BCUT2D eigenvalue weighted by Crippen LogP contribution is 2.34. The fraction of sp³-hybridized carbons (Fsp3) is 0.312. The number of nitrogens with one attached hydrogen (secondary N) is 1. The van der Waals surface area contributed by atoms with E-state index in [0.717, 1.165) is 0 Å². The first-order chi connectivity index (χ1) is 13.4. The molecule has 12 nitrogen and oxygen atoms in total. The lowest BCUT2D eigenvalue weighted by Gasteiger charge is -2.16. The largest absolute Gasteiger partial charge is 0.394 e. The molecule has 0 radical (unpaired) electrons. The van der Waals surface area contributed by atoms with Gasteiger partial charge in [-0.15, -0.1) is 0 Å². The molecule has 1 fully saturated rings. The van der Waals surface area contributed by atoms with Gasteiger partial charge in [0.15, 0.2) is 11.5 Å². The van der Waals surface area contributed by atoms with Crippen molar-refractivity contribution in [1.29, 1.82) is 0 Å². The zero-order valence-electron chi connectivity index (χ0n) is 14.5. The number of rotatable bonds is 3. The summed E-state index contributed by atoms with van der Waals surface area (Å²) in [5.41, 5.74) is 12.2. The average Bonchev–Trinajstić information content (AvgIpc) is 3.29. The Bertz CT molecular complexity index is 965. The fourth-order valence-corrected chi connectivity index (χ4v) is 2.79. The number of primary amides is 1.